The van der Waals surface area contributed by atoms with Crippen molar-refractivity contribution in [2.45, 2.75) is 6.92 Å². The van der Waals surface area contributed by atoms with Crippen LogP contribution in [-0.4, -0.2) is 13.0 Å². The predicted octanol–water partition coefficient (Wildman–Crippen LogP) is 1.00. The Labute approximate surface area is 30.5 Å². The zero-order chi connectivity index (χ0) is 4.28. The largest absolute Gasteiger partial charge is 0.265 e. The van der Waals surface area contributed by atoms with E-state index in [0.29, 0.717) is 0 Å². The Kier molecular flexibility index (Phi) is 1.73. The Hall–Kier alpha value is -0.400. The van der Waals surface area contributed by atoms with Gasteiger partial charge in [0.1, 0.15) is 0 Å². The predicted molar refractivity (Wildman–Crippen MR) is 20.1 cm³/mol. The number of halogens is 1. The fourth-order valence-electron chi connectivity index (χ4n) is 0. The normalized spacial score (nSPS) is 12.2. The van der Waals surface area contributed by atoms with Gasteiger partial charge in [-0.25, -0.2) is 0 Å². The highest BCUT2D eigenvalue weighted by Crippen LogP contribution is 1.68. The van der Waals surface area contributed by atoms with Crippen LogP contribution in [0, 0.1) is 0 Å². The molecule has 0 heterocycles. The van der Waals surface area contributed by atoms with Crippen molar-refractivity contribution in [1.29, 1.82) is 0 Å². The van der Waals surface area contributed by atoms with Crippen LogP contribution in [0.25, 0.3) is 0 Å². The van der Waals surface area contributed by atoms with Crippen LogP contribution >= 0.6 is 0 Å². The van der Waals surface area contributed by atoms with E-state index in [-0.39, 0.29) is 5.97 Å². The molecular weight excluding hydrogens is 69.0 g/mol. The van der Waals surface area contributed by atoms with Crippen molar-refractivity contribution in [3.05, 3.63) is 0 Å². The third-order valence-electron chi connectivity index (χ3n) is 0.308. The smallest absolute Gasteiger partial charge is 0.181 e. The highest BCUT2D eigenvalue weighted by atomic mass is 19.1. The van der Waals surface area contributed by atoms with Crippen LogP contribution in [0.4, 0.5) is 4.39 Å². The van der Waals surface area contributed by atoms with Gasteiger partial charge >= 0.3 is 0 Å². The Morgan fingerprint density at radius 2 is 2.00 bits per heavy atom. The summed E-state index contributed by atoms with van der Waals surface area (Å²) in [6.07, 6.45) is 0. The molecule has 0 bridgehead atoms. The van der Waals surface area contributed by atoms with Crippen LogP contribution in [0.5, 0.6) is 0 Å². The topological polar surface area (TPSA) is 12.4 Å². The molecule has 1 nitrogen and oxygen atoms in total. The molecule has 0 unspecified atom stereocenters. The minimum absolute atomic E-state index is 0.370. The van der Waals surface area contributed by atoms with E-state index in [2.05, 4.69) is 4.99 Å². The van der Waals surface area contributed by atoms with Crippen molar-refractivity contribution in [2.75, 3.05) is 7.05 Å². The number of rotatable bonds is 0. The second-order valence-electron chi connectivity index (χ2n) is 0.721. The molecule has 0 atom stereocenters. The molecule has 0 radical (unpaired) electrons. The maximum absolute atomic E-state index is 11.2. The van der Waals surface area contributed by atoms with Crippen LogP contribution in [0.15, 0.2) is 4.99 Å². The maximum Gasteiger partial charge on any atom is 0.181 e. The molecule has 0 spiro atoms. The highest BCUT2D eigenvalue weighted by molar-refractivity contribution is 5.71. The van der Waals surface area contributed by atoms with Gasteiger partial charge in [-0.05, 0) is 0 Å². The number of hydrogen-bond donors (Lipinski definition) is 0. The highest BCUT2D eigenvalue weighted by Gasteiger charge is 1.68. The molecule has 30 valence electrons. The fourth-order valence-corrected chi connectivity index (χ4v) is 0. The average molecular weight is 75.1 g/mol. The Balaban J connectivity index is 3.14. The zero-order valence-corrected chi connectivity index (χ0v) is 3.33. The van der Waals surface area contributed by atoms with Gasteiger partial charge in [-0.3, -0.25) is 4.99 Å². The van der Waals surface area contributed by atoms with Gasteiger partial charge in [-0.2, -0.15) is 4.39 Å². The van der Waals surface area contributed by atoms with Crippen LogP contribution in [0.3, 0.4) is 0 Å². The van der Waals surface area contributed by atoms with Gasteiger partial charge in [-0.15, -0.1) is 0 Å². The standard InChI is InChI=1S/C3H6FN/c1-3(4)5-2/h1-2H3/b5-3+. The van der Waals surface area contributed by atoms with Crippen molar-refractivity contribution in [1.82, 2.24) is 0 Å². The molecule has 0 aliphatic heterocycles. The molecule has 0 fully saturated rings. The first-order valence-corrected chi connectivity index (χ1v) is 1.36. The van der Waals surface area contributed by atoms with Crippen molar-refractivity contribution in [3.8, 4) is 0 Å². The van der Waals surface area contributed by atoms with E-state index in [1.165, 1.54) is 14.0 Å². The lowest BCUT2D eigenvalue weighted by Gasteiger charge is -1.68. The van der Waals surface area contributed by atoms with E-state index < -0.39 is 0 Å². The van der Waals surface area contributed by atoms with Crippen molar-refractivity contribution >= 4 is 5.97 Å². The van der Waals surface area contributed by atoms with Crippen LogP contribution < -0.4 is 0 Å². The molecule has 0 aliphatic rings. The summed E-state index contributed by atoms with van der Waals surface area (Å²) in [5.41, 5.74) is 0. The molecule has 0 aromatic carbocycles. The SMILES string of the molecule is C/N=C(\C)F. The van der Waals surface area contributed by atoms with E-state index in [9.17, 15) is 4.39 Å². The first-order chi connectivity index (χ1) is 2.27. The Bertz CT molecular complexity index is 44.9. The molecule has 0 rings (SSSR count). The van der Waals surface area contributed by atoms with Gasteiger partial charge in [0, 0.05) is 14.0 Å². The summed E-state index contributed by atoms with van der Waals surface area (Å²) in [4.78, 5) is 3.14. The molecule has 0 amide bonds. The lowest BCUT2D eigenvalue weighted by atomic mass is 10.8. The van der Waals surface area contributed by atoms with Crippen LogP contribution in [0.1, 0.15) is 6.92 Å². The van der Waals surface area contributed by atoms with E-state index >= 15 is 0 Å². The summed E-state index contributed by atoms with van der Waals surface area (Å²) < 4.78 is 11.2. The van der Waals surface area contributed by atoms with Gasteiger partial charge in [0.15, 0.2) is 5.97 Å². The third-order valence-corrected chi connectivity index (χ3v) is 0.308. The summed E-state index contributed by atoms with van der Waals surface area (Å²) in [5, 5.41) is 0. The van der Waals surface area contributed by atoms with E-state index in [1.807, 2.05) is 0 Å². The second kappa shape index (κ2) is 1.88. The Morgan fingerprint density at radius 1 is 1.80 bits per heavy atom. The monoisotopic (exact) mass is 75.0 g/mol. The maximum atomic E-state index is 11.2. The van der Waals surface area contributed by atoms with Gasteiger partial charge in [-0.1, -0.05) is 0 Å². The third kappa shape index (κ3) is 3.60. The quantitative estimate of drug-likeness (QED) is 0.381. The van der Waals surface area contributed by atoms with E-state index in [4.69, 9.17) is 0 Å². The average Bonchev–Trinajstić information content (AvgIpc) is 1.38. The number of hydrogen-bond acceptors (Lipinski definition) is 1. The minimum Gasteiger partial charge on any atom is -0.265 e. The van der Waals surface area contributed by atoms with Gasteiger partial charge in [0.25, 0.3) is 0 Å². The molecule has 0 saturated heterocycles. The lowest BCUT2D eigenvalue weighted by Crippen LogP contribution is -1.70. The summed E-state index contributed by atoms with van der Waals surface area (Å²) in [6.45, 7) is 1.31. The second-order valence-corrected chi connectivity index (χ2v) is 0.721. The van der Waals surface area contributed by atoms with Gasteiger partial charge in [0.2, 0.25) is 0 Å². The minimum atomic E-state index is -0.370. The van der Waals surface area contributed by atoms with Crippen molar-refractivity contribution in [2.24, 2.45) is 4.99 Å². The molecule has 0 aromatic heterocycles. The van der Waals surface area contributed by atoms with E-state index in [0.717, 1.165) is 0 Å². The van der Waals surface area contributed by atoms with E-state index in [1.54, 1.807) is 0 Å². The molecule has 5 heavy (non-hydrogen) atoms. The summed E-state index contributed by atoms with van der Waals surface area (Å²) >= 11 is 0. The molecule has 0 aliphatic carbocycles. The van der Waals surface area contributed by atoms with Gasteiger partial charge < -0.3 is 0 Å². The lowest BCUT2D eigenvalue weighted by molar-refractivity contribution is 0.794. The zero-order valence-electron chi connectivity index (χ0n) is 3.33. The molecule has 2 heteroatoms. The first kappa shape index (κ1) is 4.60. The van der Waals surface area contributed by atoms with Crippen LogP contribution in [-0.2, 0) is 0 Å². The number of nitrogens with zero attached hydrogens (tertiary/aromatic N) is 1. The first-order valence-electron chi connectivity index (χ1n) is 1.36. The Morgan fingerprint density at radius 3 is 2.00 bits per heavy atom. The van der Waals surface area contributed by atoms with Crippen molar-refractivity contribution < 1.29 is 4.39 Å². The summed E-state index contributed by atoms with van der Waals surface area (Å²) in [5.74, 6) is -0.370. The summed E-state index contributed by atoms with van der Waals surface area (Å²) in [6, 6.07) is 0. The molecule has 0 N–H and O–H groups in total. The van der Waals surface area contributed by atoms with Crippen molar-refractivity contribution in [3.63, 3.8) is 0 Å². The molecule has 0 saturated carbocycles. The van der Waals surface area contributed by atoms with Crippen LogP contribution in [0.2, 0.25) is 0 Å². The van der Waals surface area contributed by atoms with Gasteiger partial charge in [0.05, 0.1) is 0 Å². The number of aliphatic imine (C=N–C) groups is 1. The summed E-state index contributed by atoms with van der Waals surface area (Å²) in [7, 11) is 1.41. The fraction of sp³-hybridized carbons (Fsp3) is 0.667. The molecule has 0 aromatic rings. The molecular formula is C3H6FN.